The largest absolute Gasteiger partial charge is 0.377 e. The molecule has 0 fully saturated rings. The Morgan fingerprint density at radius 3 is 2.68 bits per heavy atom. The third-order valence-electron chi connectivity index (χ3n) is 2.56. The predicted molar refractivity (Wildman–Crippen MR) is 71.6 cm³/mol. The molecule has 0 aliphatic heterocycles. The molecule has 6 heteroatoms. The van der Waals surface area contributed by atoms with Gasteiger partial charge in [-0.15, -0.1) is 0 Å². The maximum Gasteiger partial charge on any atom is 0.221 e. The molecule has 6 nitrogen and oxygen atoms in total. The van der Waals surface area contributed by atoms with Gasteiger partial charge >= 0.3 is 0 Å². The molecule has 0 spiro atoms. The van der Waals surface area contributed by atoms with Crippen molar-refractivity contribution >= 4 is 23.7 Å². The van der Waals surface area contributed by atoms with Crippen molar-refractivity contribution in [2.24, 2.45) is 5.73 Å². The summed E-state index contributed by atoms with van der Waals surface area (Å²) >= 11 is 0. The zero-order chi connectivity index (χ0) is 14.3. The van der Waals surface area contributed by atoms with Crippen LogP contribution in [0.25, 0.3) is 0 Å². The topological polar surface area (TPSA) is 101 Å². The summed E-state index contributed by atoms with van der Waals surface area (Å²) in [6.07, 6.45) is 1.61. The Bertz CT molecular complexity index is 474. The number of rotatable bonds is 7. The van der Waals surface area contributed by atoms with Crippen LogP contribution in [0.5, 0.6) is 0 Å². The second-order valence-electron chi connectivity index (χ2n) is 3.89. The fraction of sp³-hybridized carbons (Fsp3) is 0.308. The smallest absolute Gasteiger partial charge is 0.221 e. The van der Waals surface area contributed by atoms with Crippen LogP contribution in [0.3, 0.4) is 0 Å². The van der Waals surface area contributed by atoms with Crippen molar-refractivity contribution in [3.8, 4) is 0 Å². The summed E-state index contributed by atoms with van der Waals surface area (Å²) < 4.78 is 0. The van der Waals surface area contributed by atoms with Gasteiger partial charge in [0.15, 0.2) is 5.78 Å². The minimum absolute atomic E-state index is 0.0189. The van der Waals surface area contributed by atoms with Gasteiger partial charge in [-0.2, -0.15) is 0 Å². The molecule has 1 aromatic rings. The predicted octanol–water partition coefficient (Wildman–Crippen LogP) is -0.146. The number of amides is 1. The molecular weight excluding hydrogens is 246 g/mol. The molecule has 4 N–H and O–H groups in total. The lowest BCUT2D eigenvalue weighted by Gasteiger charge is -2.13. The number of hydrogen-bond acceptors (Lipinski definition) is 5. The monoisotopic (exact) mass is 262 g/mol. The highest BCUT2D eigenvalue weighted by atomic mass is 16.2. The third kappa shape index (κ3) is 4.18. The van der Waals surface area contributed by atoms with Crippen LogP contribution in [0.15, 0.2) is 24.3 Å². The lowest BCUT2D eigenvalue weighted by atomic mass is 10.0. The molecule has 0 heterocycles. The third-order valence-corrected chi connectivity index (χ3v) is 2.56. The normalized spacial score (nSPS) is 11.5. The summed E-state index contributed by atoms with van der Waals surface area (Å²) in [6, 6.07) is 5.77. The maximum absolute atomic E-state index is 12.1. The first kappa shape index (κ1) is 14.8. The second kappa shape index (κ2) is 7.27. The first-order valence-corrected chi connectivity index (χ1v) is 5.78. The molecule has 1 amide bonds. The van der Waals surface area contributed by atoms with Gasteiger partial charge < -0.3 is 16.4 Å². The quantitative estimate of drug-likeness (QED) is 0.593. The second-order valence-corrected chi connectivity index (χ2v) is 3.89. The number of benzene rings is 1. The Labute approximate surface area is 111 Å². The molecule has 0 bridgehead atoms. The SMILES string of the molecule is CNC(=O)CC(N)C(=O)c1ccccc1NC[C]=O. The van der Waals surface area contributed by atoms with Crippen LogP contribution in [0.1, 0.15) is 16.8 Å². The van der Waals surface area contributed by atoms with E-state index in [1.54, 1.807) is 30.6 Å². The summed E-state index contributed by atoms with van der Waals surface area (Å²) in [6.45, 7) is -0.0189. The van der Waals surface area contributed by atoms with Gasteiger partial charge in [-0.3, -0.25) is 14.4 Å². The first-order valence-electron chi connectivity index (χ1n) is 5.78. The number of nitrogens with two attached hydrogens (primary N) is 1. The van der Waals surface area contributed by atoms with E-state index < -0.39 is 6.04 Å². The van der Waals surface area contributed by atoms with E-state index in [-0.39, 0.29) is 24.7 Å². The summed E-state index contributed by atoms with van der Waals surface area (Å²) in [7, 11) is 1.48. The molecule has 1 atom stereocenters. The van der Waals surface area contributed by atoms with Crippen LogP contribution in [0, 0.1) is 0 Å². The Hall–Kier alpha value is -2.21. The van der Waals surface area contributed by atoms with Crippen LogP contribution in [-0.2, 0) is 9.59 Å². The number of hydrogen-bond donors (Lipinski definition) is 3. The molecule has 0 aliphatic carbocycles. The Balaban J connectivity index is 2.86. The van der Waals surface area contributed by atoms with Gasteiger partial charge in [-0.1, -0.05) is 12.1 Å². The van der Waals surface area contributed by atoms with E-state index >= 15 is 0 Å². The minimum Gasteiger partial charge on any atom is -0.377 e. The molecule has 19 heavy (non-hydrogen) atoms. The zero-order valence-electron chi connectivity index (χ0n) is 10.6. The Morgan fingerprint density at radius 1 is 1.37 bits per heavy atom. The zero-order valence-corrected chi connectivity index (χ0v) is 10.6. The van der Waals surface area contributed by atoms with E-state index in [0.717, 1.165) is 0 Å². The molecule has 1 radical (unpaired) electrons. The van der Waals surface area contributed by atoms with Crippen molar-refractivity contribution in [1.29, 1.82) is 0 Å². The Morgan fingerprint density at radius 2 is 2.05 bits per heavy atom. The van der Waals surface area contributed by atoms with Crippen molar-refractivity contribution in [2.75, 3.05) is 18.9 Å². The van der Waals surface area contributed by atoms with Crippen LogP contribution < -0.4 is 16.4 Å². The van der Waals surface area contributed by atoms with Crippen molar-refractivity contribution in [3.63, 3.8) is 0 Å². The number of carbonyl (C=O) groups excluding carboxylic acids is 3. The summed E-state index contributed by atoms with van der Waals surface area (Å²) in [5.41, 5.74) is 6.57. The average Bonchev–Trinajstić information content (AvgIpc) is 2.44. The maximum atomic E-state index is 12.1. The van der Waals surface area contributed by atoms with Crippen LogP contribution >= 0.6 is 0 Å². The molecular formula is C13H16N3O3. The first-order chi connectivity index (χ1) is 9.10. The van der Waals surface area contributed by atoms with E-state index in [4.69, 9.17) is 5.73 Å². The van der Waals surface area contributed by atoms with E-state index in [1.165, 1.54) is 7.05 Å². The molecule has 0 saturated heterocycles. The number of anilines is 1. The number of ketones is 1. The highest BCUT2D eigenvalue weighted by molar-refractivity contribution is 6.06. The molecule has 0 saturated carbocycles. The standard InChI is InChI=1S/C13H16N3O3/c1-15-12(18)8-10(14)13(19)9-4-2-3-5-11(9)16-6-7-17/h2-5,10,16H,6,8,14H2,1H3,(H,15,18). The summed E-state index contributed by atoms with van der Waals surface area (Å²) in [5.74, 6) is -0.648. The molecule has 0 aromatic heterocycles. The van der Waals surface area contributed by atoms with E-state index in [0.29, 0.717) is 11.3 Å². The number of Topliss-reactive ketones (excluding diaryl/α,β-unsaturated/α-hetero) is 1. The number of carbonyl (C=O) groups is 2. The van der Waals surface area contributed by atoms with Gasteiger partial charge in [0, 0.05) is 24.7 Å². The summed E-state index contributed by atoms with van der Waals surface area (Å²) in [5, 5.41) is 5.18. The number of para-hydroxylation sites is 1. The highest BCUT2D eigenvalue weighted by Crippen LogP contribution is 2.17. The van der Waals surface area contributed by atoms with E-state index in [2.05, 4.69) is 10.6 Å². The van der Waals surface area contributed by atoms with Gasteiger partial charge in [0.2, 0.25) is 12.2 Å². The lowest BCUT2D eigenvalue weighted by Crippen LogP contribution is -2.36. The molecule has 101 valence electrons. The van der Waals surface area contributed by atoms with E-state index in [9.17, 15) is 14.4 Å². The van der Waals surface area contributed by atoms with Gasteiger partial charge in [0.25, 0.3) is 0 Å². The molecule has 0 aliphatic rings. The Kier molecular flexibility index (Phi) is 5.69. The average molecular weight is 262 g/mol. The fourth-order valence-electron chi connectivity index (χ4n) is 1.58. The van der Waals surface area contributed by atoms with Crippen molar-refractivity contribution in [2.45, 2.75) is 12.5 Å². The van der Waals surface area contributed by atoms with Crippen LogP contribution in [-0.4, -0.2) is 37.6 Å². The fourth-order valence-corrected chi connectivity index (χ4v) is 1.58. The summed E-state index contributed by atoms with van der Waals surface area (Å²) in [4.78, 5) is 33.6. The van der Waals surface area contributed by atoms with Gasteiger partial charge in [-0.25, -0.2) is 0 Å². The van der Waals surface area contributed by atoms with Crippen molar-refractivity contribution < 1.29 is 14.4 Å². The van der Waals surface area contributed by atoms with E-state index in [1.807, 2.05) is 0 Å². The van der Waals surface area contributed by atoms with Crippen molar-refractivity contribution in [3.05, 3.63) is 29.8 Å². The van der Waals surface area contributed by atoms with Gasteiger partial charge in [-0.05, 0) is 12.1 Å². The lowest BCUT2D eigenvalue weighted by molar-refractivity contribution is -0.120. The minimum atomic E-state index is -0.914. The van der Waals surface area contributed by atoms with Gasteiger partial charge in [0.1, 0.15) is 0 Å². The van der Waals surface area contributed by atoms with Crippen molar-refractivity contribution in [1.82, 2.24) is 5.32 Å². The van der Waals surface area contributed by atoms with Gasteiger partial charge in [0.05, 0.1) is 12.6 Å². The molecule has 1 rings (SSSR count). The molecule has 1 unspecified atom stereocenters. The number of nitrogens with one attached hydrogen (secondary N) is 2. The van der Waals surface area contributed by atoms with Crippen LogP contribution in [0.4, 0.5) is 5.69 Å². The molecule has 1 aromatic carbocycles. The van der Waals surface area contributed by atoms with Crippen LogP contribution in [0.2, 0.25) is 0 Å². The highest BCUT2D eigenvalue weighted by Gasteiger charge is 2.20.